The lowest BCUT2D eigenvalue weighted by Gasteiger charge is -2.45. The molecule has 0 aromatic carbocycles. The number of nitrogens with two attached hydrogens (primary N) is 1. The summed E-state index contributed by atoms with van der Waals surface area (Å²) in [6.07, 6.45) is 4.51. The van der Waals surface area contributed by atoms with Gasteiger partial charge in [-0.1, -0.05) is 13.8 Å². The Kier molecular flexibility index (Phi) is 5.24. The van der Waals surface area contributed by atoms with Crippen LogP contribution >= 0.6 is 0 Å². The molecule has 0 amide bonds. The molecule has 34 heavy (non-hydrogen) atoms. The molecule has 0 spiro atoms. The fourth-order valence-electron chi connectivity index (χ4n) is 4.43. The normalized spacial score (nSPS) is 17.5. The van der Waals surface area contributed by atoms with E-state index in [2.05, 4.69) is 44.2 Å². The number of hydrogen-bond acceptors (Lipinski definition) is 9. The fraction of sp³-hybridized carbons (Fsp3) is 0.333. The number of nitriles is 1. The lowest BCUT2D eigenvalue weighted by molar-refractivity contribution is 0.259. The number of hydrogen-bond donors (Lipinski definition) is 2. The van der Waals surface area contributed by atoms with E-state index < -0.39 is 0 Å². The average Bonchev–Trinajstić information content (AvgIpc) is 3.26. The SMILES string of the molecule is Cc1cnc2cc(-c3ccc(N)nc3)nn2c1NC1CCN(c2ccc(C#N)nn2)CC1(C)C. The van der Waals surface area contributed by atoms with Crippen molar-refractivity contribution in [3.63, 3.8) is 0 Å². The molecule has 1 unspecified atom stereocenters. The van der Waals surface area contributed by atoms with Crippen LogP contribution in [-0.2, 0) is 0 Å². The first-order valence-electron chi connectivity index (χ1n) is 11.2. The average molecular weight is 455 g/mol. The molecule has 172 valence electrons. The van der Waals surface area contributed by atoms with Crippen molar-refractivity contribution in [3.8, 4) is 17.3 Å². The molecule has 10 nitrogen and oxygen atoms in total. The maximum Gasteiger partial charge on any atom is 0.163 e. The summed E-state index contributed by atoms with van der Waals surface area (Å²) >= 11 is 0. The highest BCUT2D eigenvalue weighted by Crippen LogP contribution is 2.34. The minimum atomic E-state index is -0.0628. The van der Waals surface area contributed by atoms with E-state index in [9.17, 15) is 0 Å². The van der Waals surface area contributed by atoms with E-state index in [-0.39, 0.29) is 11.5 Å². The number of nitrogens with zero attached hydrogens (tertiary/aromatic N) is 8. The maximum absolute atomic E-state index is 8.98. The van der Waals surface area contributed by atoms with Gasteiger partial charge in [0.25, 0.3) is 0 Å². The Morgan fingerprint density at radius 1 is 1.15 bits per heavy atom. The highest BCUT2D eigenvalue weighted by atomic mass is 15.3. The Balaban J connectivity index is 1.40. The second kappa shape index (κ2) is 8.26. The van der Waals surface area contributed by atoms with E-state index >= 15 is 0 Å². The predicted molar refractivity (Wildman–Crippen MR) is 130 cm³/mol. The molecule has 3 N–H and O–H groups in total. The number of anilines is 3. The van der Waals surface area contributed by atoms with Crippen molar-refractivity contribution in [2.45, 2.75) is 33.2 Å². The molecule has 1 fully saturated rings. The van der Waals surface area contributed by atoms with Crippen molar-refractivity contribution < 1.29 is 0 Å². The lowest BCUT2D eigenvalue weighted by Crippen LogP contribution is -2.52. The maximum atomic E-state index is 8.98. The van der Waals surface area contributed by atoms with Crippen LogP contribution in [0.3, 0.4) is 0 Å². The van der Waals surface area contributed by atoms with Crippen molar-refractivity contribution in [3.05, 3.63) is 54.0 Å². The minimum absolute atomic E-state index is 0.0628. The number of nitrogens with one attached hydrogen (secondary N) is 1. The second-order valence-electron chi connectivity index (χ2n) is 9.35. The number of aromatic nitrogens is 6. The number of piperidine rings is 1. The Labute approximate surface area is 197 Å². The molecule has 0 bridgehead atoms. The highest BCUT2D eigenvalue weighted by molar-refractivity contribution is 5.66. The topological polar surface area (TPSA) is 134 Å². The van der Waals surface area contributed by atoms with Gasteiger partial charge in [0, 0.05) is 54.1 Å². The summed E-state index contributed by atoms with van der Waals surface area (Å²) in [6.45, 7) is 8.16. The summed E-state index contributed by atoms with van der Waals surface area (Å²) in [5, 5.41) is 25.8. The summed E-state index contributed by atoms with van der Waals surface area (Å²) in [5.74, 6) is 2.20. The van der Waals surface area contributed by atoms with Crippen LogP contribution in [0.25, 0.3) is 16.9 Å². The zero-order valence-electron chi connectivity index (χ0n) is 19.4. The third-order valence-corrected chi connectivity index (χ3v) is 6.38. The van der Waals surface area contributed by atoms with Gasteiger partial charge in [-0.15, -0.1) is 10.2 Å². The summed E-state index contributed by atoms with van der Waals surface area (Å²) < 4.78 is 1.87. The van der Waals surface area contributed by atoms with Crippen molar-refractivity contribution >= 4 is 23.1 Å². The zero-order valence-corrected chi connectivity index (χ0v) is 19.4. The van der Waals surface area contributed by atoms with Crippen molar-refractivity contribution in [2.24, 2.45) is 5.41 Å². The molecule has 0 aliphatic carbocycles. The number of pyridine rings is 1. The van der Waals surface area contributed by atoms with Gasteiger partial charge in [0.15, 0.2) is 17.2 Å². The zero-order chi connectivity index (χ0) is 23.9. The molecule has 5 rings (SSSR count). The molecule has 4 aromatic heterocycles. The van der Waals surface area contributed by atoms with E-state index in [0.29, 0.717) is 11.5 Å². The molecule has 5 heterocycles. The van der Waals surface area contributed by atoms with Gasteiger partial charge >= 0.3 is 0 Å². The molecule has 1 saturated heterocycles. The molecule has 1 aliphatic rings. The summed E-state index contributed by atoms with van der Waals surface area (Å²) in [7, 11) is 0. The number of fused-ring (bicyclic) bond motifs is 1. The van der Waals surface area contributed by atoms with Crippen LogP contribution in [0.5, 0.6) is 0 Å². The molecular weight excluding hydrogens is 428 g/mol. The Morgan fingerprint density at radius 3 is 2.68 bits per heavy atom. The molecule has 1 atom stereocenters. The quantitative estimate of drug-likeness (QED) is 0.477. The third kappa shape index (κ3) is 3.96. The first-order chi connectivity index (χ1) is 16.3. The van der Waals surface area contributed by atoms with Crippen molar-refractivity contribution in [1.82, 2.24) is 29.8 Å². The standard InChI is InChI=1S/C24H26N10/c1-15-12-28-22-10-18(16-4-6-20(26)27-13-16)32-34(22)23(15)29-19-8-9-33(14-24(19,2)3)21-7-5-17(11-25)30-31-21/h4-7,10,12-13,19,29H,8-9,14H2,1-3H3,(H2,26,27). The lowest BCUT2D eigenvalue weighted by atomic mass is 9.79. The van der Waals surface area contributed by atoms with E-state index in [1.165, 1.54) is 0 Å². The van der Waals surface area contributed by atoms with Crippen LogP contribution in [0.15, 0.2) is 42.7 Å². The fourth-order valence-corrected chi connectivity index (χ4v) is 4.43. The van der Waals surface area contributed by atoms with E-state index in [1.807, 2.05) is 41.9 Å². The highest BCUT2D eigenvalue weighted by Gasteiger charge is 2.37. The predicted octanol–water partition coefficient (Wildman–Crippen LogP) is 3.06. The number of rotatable bonds is 4. The first kappa shape index (κ1) is 21.6. The van der Waals surface area contributed by atoms with E-state index in [1.54, 1.807) is 18.3 Å². The summed E-state index contributed by atoms with van der Waals surface area (Å²) in [4.78, 5) is 11.0. The number of aryl methyl sites for hydroxylation is 1. The van der Waals surface area contributed by atoms with Crippen LogP contribution < -0.4 is 16.0 Å². The first-order valence-corrected chi connectivity index (χ1v) is 11.2. The molecule has 4 aromatic rings. The Hall–Kier alpha value is -4.26. The Bertz CT molecular complexity index is 1370. The van der Waals surface area contributed by atoms with Gasteiger partial charge in [0.2, 0.25) is 0 Å². The van der Waals surface area contributed by atoms with Gasteiger partial charge < -0.3 is 16.0 Å². The van der Waals surface area contributed by atoms with Crippen LogP contribution in [-0.4, -0.2) is 48.9 Å². The Morgan fingerprint density at radius 2 is 2.00 bits per heavy atom. The summed E-state index contributed by atoms with van der Waals surface area (Å²) in [6, 6.07) is 11.4. The molecule has 10 heteroatoms. The van der Waals surface area contributed by atoms with Crippen molar-refractivity contribution in [1.29, 1.82) is 5.26 Å². The van der Waals surface area contributed by atoms with E-state index in [0.717, 1.165) is 53.6 Å². The smallest absolute Gasteiger partial charge is 0.163 e. The van der Waals surface area contributed by atoms with Crippen LogP contribution in [0, 0.1) is 23.7 Å². The number of nitrogen functional groups attached to an aromatic ring is 1. The molecule has 0 saturated carbocycles. The van der Waals surface area contributed by atoms with Gasteiger partial charge in [-0.3, -0.25) is 0 Å². The van der Waals surface area contributed by atoms with Gasteiger partial charge in [-0.2, -0.15) is 14.9 Å². The van der Waals surface area contributed by atoms with Crippen LogP contribution in [0.1, 0.15) is 31.5 Å². The van der Waals surface area contributed by atoms with Gasteiger partial charge in [0.05, 0.1) is 5.69 Å². The largest absolute Gasteiger partial charge is 0.384 e. The van der Waals surface area contributed by atoms with Crippen molar-refractivity contribution in [2.75, 3.05) is 29.0 Å². The van der Waals surface area contributed by atoms with Gasteiger partial charge in [0.1, 0.15) is 17.7 Å². The van der Waals surface area contributed by atoms with Gasteiger partial charge in [-0.05, 0) is 37.6 Å². The van der Waals surface area contributed by atoms with Crippen LogP contribution in [0.2, 0.25) is 0 Å². The summed E-state index contributed by atoms with van der Waals surface area (Å²) in [5.41, 5.74) is 9.46. The molecular formula is C24H26N10. The van der Waals surface area contributed by atoms with Crippen LogP contribution in [0.4, 0.5) is 17.5 Å². The molecule has 1 aliphatic heterocycles. The van der Waals surface area contributed by atoms with Gasteiger partial charge in [-0.25, -0.2) is 9.97 Å². The van der Waals surface area contributed by atoms with E-state index in [4.69, 9.17) is 16.1 Å². The minimum Gasteiger partial charge on any atom is -0.384 e. The monoisotopic (exact) mass is 454 g/mol. The molecule has 0 radical (unpaired) electrons. The second-order valence-corrected chi connectivity index (χ2v) is 9.35. The third-order valence-electron chi connectivity index (χ3n) is 6.38.